The highest BCUT2D eigenvalue weighted by atomic mass is 16.2. The number of unbranched alkanes of at least 4 members (excludes halogenated alkanes) is 6. The SMILES string of the molecule is CCCCCCCCCC1CCNC1=O. The van der Waals surface area contributed by atoms with Gasteiger partial charge in [0.15, 0.2) is 0 Å². The normalized spacial score (nSPS) is 20.6. The molecule has 1 aliphatic heterocycles. The van der Waals surface area contributed by atoms with Gasteiger partial charge in [0.05, 0.1) is 0 Å². The highest BCUT2D eigenvalue weighted by Gasteiger charge is 2.22. The Bertz CT molecular complexity index is 179. The van der Waals surface area contributed by atoms with Crippen molar-refractivity contribution in [2.45, 2.75) is 64.7 Å². The van der Waals surface area contributed by atoms with E-state index in [0.29, 0.717) is 11.8 Å². The molecule has 1 unspecified atom stereocenters. The van der Waals surface area contributed by atoms with E-state index >= 15 is 0 Å². The van der Waals surface area contributed by atoms with E-state index in [4.69, 9.17) is 0 Å². The monoisotopic (exact) mass is 211 g/mol. The minimum atomic E-state index is 0.293. The lowest BCUT2D eigenvalue weighted by Crippen LogP contribution is -2.18. The second kappa shape index (κ2) is 7.72. The van der Waals surface area contributed by atoms with Gasteiger partial charge < -0.3 is 5.32 Å². The Morgan fingerprint density at radius 2 is 1.80 bits per heavy atom. The van der Waals surface area contributed by atoms with E-state index in [9.17, 15) is 4.79 Å². The highest BCUT2D eigenvalue weighted by Crippen LogP contribution is 2.18. The Kier molecular flexibility index (Phi) is 6.45. The predicted octanol–water partition coefficient (Wildman–Crippen LogP) is 3.26. The molecule has 1 amide bonds. The molecule has 0 radical (unpaired) electrons. The molecule has 15 heavy (non-hydrogen) atoms. The average Bonchev–Trinajstić information content (AvgIpc) is 2.63. The molecule has 0 aliphatic carbocycles. The summed E-state index contributed by atoms with van der Waals surface area (Å²) in [6.07, 6.45) is 11.6. The van der Waals surface area contributed by atoms with Crippen molar-refractivity contribution in [3.05, 3.63) is 0 Å². The first-order chi connectivity index (χ1) is 7.34. The number of amides is 1. The van der Waals surface area contributed by atoms with Gasteiger partial charge in [0.2, 0.25) is 5.91 Å². The molecule has 0 spiro atoms. The van der Waals surface area contributed by atoms with Gasteiger partial charge in [0, 0.05) is 12.5 Å². The zero-order chi connectivity index (χ0) is 10.9. The molecular formula is C13H25NO. The lowest BCUT2D eigenvalue weighted by atomic mass is 9.99. The summed E-state index contributed by atoms with van der Waals surface area (Å²) in [6.45, 7) is 3.15. The Morgan fingerprint density at radius 1 is 1.13 bits per heavy atom. The zero-order valence-electron chi connectivity index (χ0n) is 10.1. The largest absolute Gasteiger partial charge is 0.356 e. The van der Waals surface area contributed by atoms with Gasteiger partial charge in [0.1, 0.15) is 0 Å². The van der Waals surface area contributed by atoms with Crippen LogP contribution in [0.4, 0.5) is 0 Å². The van der Waals surface area contributed by atoms with E-state index in [1.54, 1.807) is 0 Å². The molecule has 0 saturated carbocycles. The first kappa shape index (κ1) is 12.5. The van der Waals surface area contributed by atoms with Gasteiger partial charge in [0.25, 0.3) is 0 Å². The fourth-order valence-electron chi connectivity index (χ4n) is 2.27. The standard InChI is InChI=1S/C13H25NO/c1-2-3-4-5-6-7-8-9-12-10-11-14-13(12)15/h12H,2-11H2,1H3,(H,14,15). The summed E-state index contributed by atoms with van der Waals surface area (Å²) in [5.41, 5.74) is 0. The van der Waals surface area contributed by atoms with E-state index in [0.717, 1.165) is 19.4 Å². The van der Waals surface area contributed by atoms with Crippen LogP contribution in [0.2, 0.25) is 0 Å². The van der Waals surface area contributed by atoms with Crippen molar-refractivity contribution in [3.8, 4) is 0 Å². The second-order valence-electron chi connectivity index (χ2n) is 4.69. The summed E-state index contributed by atoms with van der Waals surface area (Å²) >= 11 is 0. The van der Waals surface area contributed by atoms with Crippen LogP contribution in [0.5, 0.6) is 0 Å². The van der Waals surface area contributed by atoms with Crippen molar-refractivity contribution < 1.29 is 4.79 Å². The van der Waals surface area contributed by atoms with Crippen molar-refractivity contribution in [1.29, 1.82) is 0 Å². The van der Waals surface area contributed by atoms with Crippen LogP contribution in [0, 0.1) is 5.92 Å². The molecule has 2 heteroatoms. The van der Waals surface area contributed by atoms with Crippen LogP contribution >= 0.6 is 0 Å². The molecule has 0 bridgehead atoms. The molecule has 88 valence electrons. The van der Waals surface area contributed by atoms with Gasteiger partial charge in [-0.05, 0) is 12.8 Å². The minimum absolute atomic E-state index is 0.293. The number of rotatable bonds is 8. The molecule has 1 N–H and O–H groups in total. The number of nitrogens with one attached hydrogen (secondary N) is 1. The fourth-order valence-corrected chi connectivity index (χ4v) is 2.27. The third kappa shape index (κ3) is 5.19. The molecular weight excluding hydrogens is 186 g/mol. The van der Waals surface area contributed by atoms with Gasteiger partial charge in [-0.1, -0.05) is 51.9 Å². The van der Waals surface area contributed by atoms with E-state index in [1.807, 2.05) is 0 Å². The molecule has 0 aromatic rings. The summed E-state index contributed by atoms with van der Waals surface area (Å²) in [5.74, 6) is 0.627. The molecule has 1 rings (SSSR count). The Morgan fingerprint density at radius 3 is 2.40 bits per heavy atom. The van der Waals surface area contributed by atoms with Gasteiger partial charge in [-0.15, -0.1) is 0 Å². The van der Waals surface area contributed by atoms with Crippen molar-refractivity contribution >= 4 is 5.91 Å². The van der Waals surface area contributed by atoms with Gasteiger partial charge >= 0.3 is 0 Å². The molecule has 2 nitrogen and oxygen atoms in total. The van der Waals surface area contributed by atoms with E-state index in [1.165, 1.54) is 44.9 Å². The second-order valence-corrected chi connectivity index (χ2v) is 4.69. The quantitative estimate of drug-likeness (QED) is 0.613. The summed E-state index contributed by atoms with van der Waals surface area (Å²) in [6, 6.07) is 0. The smallest absolute Gasteiger partial charge is 0.223 e. The molecule has 1 atom stereocenters. The molecule has 1 heterocycles. The number of carbonyl (C=O) groups excluding carboxylic acids is 1. The lowest BCUT2D eigenvalue weighted by molar-refractivity contribution is -0.122. The van der Waals surface area contributed by atoms with Crippen molar-refractivity contribution in [3.63, 3.8) is 0 Å². The highest BCUT2D eigenvalue weighted by molar-refractivity contribution is 5.80. The van der Waals surface area contributed by atoms with Crippen LogP contribution < -0.4 is 5.32 Å². The Labute approximate surface area is 93.8 Å². The third-order valence-corrected chi connectivity index (χ3v) is 3.32. The van der Waals surface area contributed by atoms with Crippen LogP contribution in [-0.2, 0) is 4.79 Å². The van der Waals surface area contributed by atoms with Crippen LogP contribution in [0.15, 0.2) is 0 Å². The first-order valence-electron chi connectivity index (χ1n) is 6.62. The summed E-state index contributed by atoms with van der Waals surface area (Å²) in [4.78, 5) is 11.3. The minimum Gasteiger partial charge on any atom is -0.356 e. The molecule has 0 aromatic heterocycles. The van der Waals surface area contributed by atoms with Gasteiger partial charge in [-0.25, -0.2) is 0 Å². The van der Waals surface area contributed by atoms with Gasteiger partial charge in [-0.3, -0.25) is 4.79 Å². The Hall–Kier alpha value is -0.530. The molecule has 0 aromatic carbocycles. The number of hydrogen-bond acceptors (Lipinski definition) is 1. The Balaban J connectivity index is 1.86. The van der Waals surface area contributed by atoms with Crippen LogP contribution in [0.25, 0.3) is 0 Å². The van der Waals surface area contributed by atoms with Crippen molar-refractivity contribution in [2.75, 3.05) is 6.54 Å². The third-order valence-electron chi connectivity index (χ3n) is 3.32. The summed E-state index contributed by atoms with van der Waals surface area (Å²) in [7, 11) is 0. The maximum absolute atomic E-state index is 11.3. The summed E-state index contributed by atoms with van der Waals surface area (Å²) < 4.78 is 0. The topological polar surface area (TPSA) is 29.1 Å². The van der Waals surface area contributed by atoms with E-state index in [-0.39, 0.29) is 0 Å². The van der Waals surface area contributed by atoms with E-state index < -0.39 is 0 Å². The molecule has 1 fully saturated rings. The van der Waals surface area contributed by atoms with E-state index in [2.05, 4.69) is 12.2 Å². The van der Waals surface area contributed by atoms with Crippen LogP contribution in [-0.4, -0.2) is 12.5 Å². The molecule has 1 aliphatic rings. The van der Waals surface area contributed by atoms with Crippen molar-refractivity contribution in [1.82, 2.24) is 5.32 Å². The fraction of sp³-hybridized carbons (Fsp3) is 0.923. The maximum Gasteiger partial charge on any atom is 0.223 e. The summed E-state index contributed by atoms with van der Waals surface area (Å²) in [5, 5.41) is 2.90. The molecule has 1 saturated heterocycles. The maximum atomic E-state index is 11.3. The lowest BCUT2D eigenvalue weighted by Gasteiger charge is -2.05. The van der Waals surface area contributed by atoms with Crippen LogP contribution in [0.1, 0.15) is 64.7 Å². The predicted molar refractivity (Wildman–Crippen MR) is 63.7 cm³/mol. The van der Waals surface area contributed by atoms with Crippen molar-refractivity contribution in [2.24, 2.45) is 5.92 Å². The first-order valence-corrected chi connectivity index (χ1v) is 6.62. The number of hydrogen-bond donors (Lipinski definition) is 1. The number of carbonyl (C=O) groups is 1. The zero-order valence-corrected chi connectivity index (χ0v) is 10.1. The van der Waals surface area contributed by atoms with Gasteiger partial charge in [-0.2, -0.15) is 0 Å². The van der Waals surface area contributed by atoms with Crippen LogP contribution in [0.3, 0.4) is 0 Å². The average molecular weight is 211 g/mol.